The van der Waals surface area contributed by atoms with Crippen molar-refractivity contribution in [1.82, 2.24) is 5.32 Å². The van der Waals surface area contributed by atoms with Gasteiger partial charge in [-0.15, -0.1) is 0 Å². The van der Waals surface area contributed by atoms with Crippen molar-refractivity contribution in [3.63, 3.8) is 0 Å². The predicted molar refractivity (Wildman–Crippen MR) is 62.4 cm³/mol. The number of nitrogens with one attached hydrogen (secondary N) is 1. The molecule has 18 heavy (non-hydrogen) atoms. The van der Waals surface area contributed by atoms with Gasteiger partial charge in [0, 0.05) is 6.54 Å². The molecule has 0 radical (unpaired) electrons. The van der Waals surface area contributed by atoms with E-state index in [1.807, 2.05) is 0 Å². The Balaban J connectivity index is 2.67. The van der Waals surface area contributed by atoms with Gasteiger partial charge in [0.25, 0.3) is 5.91 Å². The number of carboxylic acid groups (broad SMARTS) is 1. The fourth-order valence-corrected chi connectivity index (χ4v) is 1.34. The molecular weight excluding hydrogens is 238 g/mol. The molecule has 6 heteroatoms. The summed E-state index contributed by atoms with van der Waals surface area (Å²) in [6, 6.07) is 5.87. The zero-order chi connectivity index (χ0) is 13.5. The van der Waals surface area contributed by atoms with Crippen molar-refractivity contribution in [2.24, 2.45) is 0 Å². The van der Waals surface area contributed by atoms with Gasteiger partial charge in [-0.25, -0.2) is 4.79 Å². The van der Waals surface area contributed by atoms with Crippen LogP contribution >= 0.6 is 0 Å². The molecule has 0 aliphatic heterocycles. The van der Waals surface area contributed by atoms with Crippen molar-refractivity contribution in [1.29, 1.82) is 0 Å². The third-order valence-electron chi connectivity index (χ3n) is 2.24. The Labute approximate surface area is 104 Å². The van der Waals surface area contributed by atoms with Gasteiger partial charge >= 0.3 is 11.9 Å². The Morgan fingerprint density at radius 3 is 2.39 bits per heavy atom. The second kappa shape index (κ2) is 6.39. The number of esters is 1. The summed E-state index contributed by atoms with van der Waals surface area (Å²) in [6.07, 6.45) is 0.0392. The van der Waals surface area contributed by atoms with Crippen LogP contribution in [0.1, 0.15) is 27.1 Å². The van der Waals surface area contributed by atoms with E-state index in [0.717, 1.165) is 0 Å². The number of carbonyl (C=O) groups is 3. The lowest BCUT2D eigenvalue weighted by Gasteiger charge is -2.06. The van der Waals surface area contributed by atoms with Crippen molar-refractivity contribution < 1.29 is 24.2 Å². The first kappa shape index (κ1) is 13.7. The standard InChI is InChI=1S/C12H13NO5/c1-18-10(14)6-7-13-11(15)8-4-2-3-5-9(8)12(16)17/h2-5H,6-7H2,1H3,(H,13,15)(H,16,17). The van der Waals surface area contributed by atoms with E-state index in [0.29, 0.717) is 0 Å². The molecule has 0 spiro atoms. The number of carboxylic acids is 1. The van der Waals surface area contributed by atoms with Crippen LogP contribution in [0.25, 0.3) is 0 Å². The second-order valence-electron chi connectivity index (χ2n) is 3.43. The molecule has 0 atom stereocenters. The van der Waals surface area contributed by atoms with Crippen LogP contribution in [0.5, 0.6) is 0 Å². The number of rotatable bonds is 5. The topological polar surface area (TPSA) is 92.7 Å². The summed E-state index contributed by atoms with van der Waals surface area (Å²) < 4.78 is 4.42. The van der Waals surface area contributed by atoms with Gasteiger partial charge in [0.1, 0.15) is 0 Å². The van der Waals surface area contributed by atoms with E-state index < -0.39 is 17.8 Å². The Kier molecular flexibility index (Phi) is 4.86. The lowest BCUT2D eigenvalue weighted by Crippen LogP contribution is -2.27. The maximum atomic E-state index is 11.7. The van der Waals surface area contributed by atoms with Crippen LogP contribution in [0.4, 0.5) is 0 Å². The number of hydrogen-bond acceptors (Lipinski definition) is 4. The second-order valence-corrected chi connectivity index (χ2v) is 3.43. The molecule has 0 aliphatic rings. The van der Waals surface area contributed by atoms with E-state index in [1.165, 1.54) is 25.3 Å². The van der Waals surface area contributed by atoms with E-state index in [-0.39, 0.29) is 24.1 Å². The molecule has 1 rings (SSSR count). The van der Waals surface area contributed by atoms with E-state index in [2.05, 4.69) is 10.1 Å². The smallest absolute Gasteiger partial charge is 0.336 e. The molecule has 6 nitrogen and oxygen atoms in total. The molecule has 1 aromatic carbocycles. The summed E-state index contributed by atoms with van der Waals surface area (Å²) >= 11 is 0. The van der Waals surface area contributed by atoms with Crippen LogP contribution < -0.4 is 5.32 Å². The van der Waals surface area contributed by atoms with Crippen molar-refractivity contribution in [2.45, 2.75) is 6.42 Å². The highest BCUT2D eigenvalue weighted by Gasteiger charge is 2.15. The number of carbonyl (C=O) groups excluding carboxylic acids is 2. The van der Waals surface area contributed by atoms with E-state index in [4.69, 9.17) is 5.11 Å². The molecule has 2 N–H and O–H groups in total. The summed E-state index contributed by atoms with van der Waals surface area (Å²) in [7, 11) is 1.25. The van der Waals surface area contributed by atoms with Crippen LogP contribution in [0.15, 0.2) is 24.3 Å². The minimum absolute atomic E-state index is 0.0392. The normalized spacial score (nSPS) is 9.61. The molecule has 0 bridgehead atoms. The number of amides is 1. The molecule has 0 fully saturated rings. The van der Waals surface area contributed by atoms with Crippen LogP contribution in [-0.2, 0) is 9.53 Å². The molecule has 0 saturated heterocycles. The van der Waals surface area contributed by atoms with Crippen LogP contribution in [0.3, 0.4) is 0 Å². The Morgan fingerprint density at radius 2 is 1.83 bits per heavy atom. The molecule has 1 amide bonds. The van der Waals surface area contributed by atoms with Crippen molar-refractivity contribution in [2.75, 3.05) is 13.7 Å². The first-order valence-corrected chi connectivity index (χ1v) is 5.23. The fraction of sp³-hybridized carbons (Fsp3) is 0.250. The minimum Gasteiger partial charge on any atom is -0.478 e. The van der Waals surface area contributed by atoms with Gasteiger partial charge in [-0.2, -0.15) is 0 Å². The number of aromatic carboxylic acids is 1. The van der Waals surface area contributed by atoms with Gasteiger partial charge in [0.15, 0.2) is 0 Å². The van der Waals surface area contributed by atoms with Crippen LogP contribution in [0.2, 0.25) is 0 Å². The summed E-state index contributed by atoms with van der Waals surface area (Å²) in [5.74, 6) is -2.15. The largest absolute Gasteiger partial charge is 0.478 e. The molecule has 0 unspecified atom stereocenters. The third kappa shape index (κ3) is 3.58. The van der Waals surface area contributed by atoms with Gasteiger partial charge in [0.2, 0.25) is 0 Å². The molecule has 0 aromatic heterocycles. The molecule has 0 heterocycles. The lowest BCUT2D eigenvalue weighted by atomic mass is 10.1. The highest BCUT2D eigenvalue weighted by molar-refractivity contribution is 6.04. The number of benzene rings is 1. The summed E-state index contributed by atoms with van der Waals surface area (Å²) in [5, 5.41) is 11.4. The lowest BCUT2D eigenvalue weighted by molar-refractivity contribution is -0.140. The molecular formula is C12H13NO5. The SMILES string of the molecule is COC(=O)CCNC(=O)c1ccccc1C(=O)O. The first-order chi connectivity index (χ1) is 8.56. The van der Waals surface area contributed by atoms with Crippen LogP contribution in [-0.4, -0.2) is 36.6 Å². The van der Waals surface area contributed by atoms with Gasteiger partial charge in [-0.1, -0.05) is 12.1 Å². The Bertz CT molecular complexity index is 469. The zero-order valence-corrected chi connectivity index (χ0v) is 9.80. The Morgan fingerprint density at radius 1 is 1.22 bits per heavy atom. The number of hydrogen-bond donors (Lipinski definition) is 2. The van der Waals surface area contributed by atoms with E-state index in [9.17, 15) is 14.4 Å². The summed E-state index contributed by atoms with van der Waals surface area (Å²) in [5.41, 5.74) is -0.0112. The monoisotopic (exact) mass is 251 g/mol. The van der Waals surface area contributed by atoms with Gasteiger partial charge in [-0.3, -0.25) is 9.59 Å². The zero-order valence-electron chi connectivity index (χ0n) is 9.80. The fourth-order valence-electron chi connectivity index (χ4n) is 1.34. The average molecular weight is 251 g/mol. The molecule has 96 valence electrons. The Hall–Kier alpha value is -2.37. The maximum Gasteiger partial charge on any atom is 0.336 e. The maximum absolute atomic E-state index is 11.7. The van der Waals surface area contributed by atoms with Crippen molar-refractivity contribution >= 4 is 17.8 Å². The summed E-state index contributed by atoms with van der Waals surface area (Å²) in [6.45, 7) is 0.0967. The molecule has 0 aliphatic carbocycles. The third-order valence-corrected chi connectivity index (χ3v) is 2.24. The number of methoxy groups -OCH3 is 1. The van der Waals surface area contributed by atoms with Crippen LogP contribution in [0, 0.1) is 0 Å². The van der Waals surface area contributed by atoms with E-state index >= 15 is 0 Å². The highest BCUT2D eigenvalue weighted by Crippen LogP contribution is 2.08. The molecule has 0 saturated carbocycles. The van der Waals surface area contributed by atoms with Crippen molar-refractivity contribution in [3.05, 3.63) is 35.4 Å². The average Bonchev–Trinajstić information content (AvgIpc) is 2.38. The van der Waals surface area contributed by atoms with Gasteiger partial charge < -0.3 is 15.2 Å². The quantitative estimate of drug-likeness (QED) is 0.750. The first-order valence-electron chi connectivity index (χ1n) is 5.23. The summed E-state index contributed by atoms with van der Waals surface area (Å²) in [4.78, 5) is 33.5. The van der Waals surface area contributed by atoms with E-state index in [1.54, 1.807) is 6.07 Å². The highest BCUT2D eigenvalue weighted by atomic mass is 16.5. The minimum atomic E-state index is -1.17. The number of ether oxygens (including phenoxy) is 1. The van der Waals surface area contributed by atoms with Gasteiger partial charge in [0.05, 0.1) is 24.7 Å². The van der Waals surface area contributed by atoms with Gasteiger partial charge in [-0.05, 0) is 12.1 Å². The van der Waals surface area contributed by atoms with Crippen molar-refractivity contribution in [3.8, 4) is 0 Å². The molecule has 1 aromatic rings. The predicted octanol–water partition coefficient (Wildman–Crippen LogP) is 0.678.